The predicted molar refractivity (Wildman–Crippen MR) is 164 cm³/mol. The first-order valence-electron chi connectivity index (χ1n) is 14.9. The first kappa shape index (κ1) is 32.0. The number of amides is 2. The molecule has 0 spiro atoms. The minimum Gasteiger partial charge on any atom is -0.346 e. The van der Waals surface area contributed by atoms with Crippen LogP contribution in [0, 0.1) is 23.1 Å². The van der Waals surface area contributed by atoms with Gasteiger partial charge in [-0.25, -0.2) is 14.2 Å². The predicted octanol–water partition coefficient (Wildman–Crippen LogP) is 6.80. The van der Waals surface area contributed by atoms with Gasteiger partial charge >= 0.3 is 12.2 Å². The van der Waals surface area contributed by atoms with Gasteiger partial charge in [0.1, 0.15) is 17.2 Å². The molecule has 9 nitrogen and oxygen atoms in total. The lowest BCUT2D eigenvalue weighted by Gasteiger charge is -2.53. The highest BCUT2D eigenvalue weighted by molar-refractivity contribution is 5.90. The molecule has 2 amide bonds. The Hall–Kier alpha value is -4.44. The highest BCUT2D eigenvalue weighted by atomic mass is 19.4. The minimum atomic E-state index is -4.81. The molecule has 0 bridgehead atoms. The van der Waals surface area contributed by atoms with E-state index in [0.29, 0.717) is 51.0 Å². The van der Waals surface area contributed by atoms with Crippen LogP contribution in [0.1, 0.15) is 56.2 Å². The third-order valence-corrected chi connectivity index (χ3v) is 8.77. The summed E-state index contributed by atoms with van der Waals surface area (Å²) in [6.45, 7) is 10.4. The van der Waals surface area contributed by atoms with E-state index in [2.05, 4.69) is 51.8 Å². The fraction of sp³-hybridized carbons (Fsp3) is 0.438. The van der Waals surface area contributed by atoms with Gasteiger partial charge in [-0.3, -0.25) is 9.58 Å². The Labute approximate surface area is 259 Å². The maximum absolute atomic E-state index is 13.4. The largest absolute Gasteiger partial charge is 0.418 e. The van der Waals surface area contributed by atoms with Gasteiger partial charge in [-0.2, -0.15) is 23.5 Å². The number of piperidine rings is 1. The van der Waals surface area contributed by atoms with Gasteiger partial charge < -0.3 is 15.2 Å². The Morgan fingerprint density at radius 2 is 2.04 bits per heavy atom. The normalized spacial score (nSPS) is 18.0. The van der Waals surface area contributed by atoms with Crippen molar-refractivity contribution < 1.29 is 22.4 Å². The van der Waals surface area contributed by atoms with Crippen molar-refractivity contribution >= 4 is 29.3 Å². The quantitative estimate of drug-likeness (QED) is 0.202. The van der Waals surface area contributed by atoms with Crippen molar-refractivity contribution in [3.63, 3.8) is 0 Å². The summed E-state index contributed by atoms with van der Waals surface area (Å²) in [7, 11) is 0. The first-order chi connectivity index (χ1) is 21.4. The summed E-state index contributed by atoms with van der Waals surface area (Å²) >= 11 is 0. The Balaban J connectivity index is 1.19. The maximum atomic E-state index is 13.4. The number of nitrogens with zero attached hydrogens (tertiary/aromatic N) is 6. The van der Waals surface area contributed by atoms with Crippen molar-refractivity contribution in [1.29, 1.82) is 5.26 Å². The number of urea groups is 1. The lowest BCUT2D eigenvalue weighted by atomic mass is 9.84. The number of likely N-dealkylation sites (tertiary alicyclic amines) is 2. The molecule has 2 aromatic heterocycles. The van der Waals surface area contributed by atoms with Crippen molar-refractivity contribution in [3.8, 4) is 6.07 Å². The Morgan fingerprint density at radius 1 is 1.31 bits per heavy atom. The number of anilines is 1. The number of aliphatic imine (C=N–C) groups is 1. The molecule has 0 saturated carbocycles. The van der Waals surface area contributed by atoms with Gasteiger partial charge in [-0.1, -0.05) is 20.4 Å². The Kier molecular flexibility index (Phi) is 9.16. The van der Waals surface area contributed by atoms with E-state index in [-0.39, 0.29) is 12.5 Å². The highest BCUT2D eigenvalue weighted by Crippen LogP contribution is 2.38. The van der Waals surface area contributed by atoms with E-state index in [4.69, 9.17) is 0 Å². The smallest absolute Gasteiger partial charge is 0.346 e. The summed E-state index contributed by atoms with van der Waals surface area (Å²) in [5.41, 5.74) is 0.273. The van der Waals surface area contributed by atoms with E-state index >= 15 is 0 Å². The third-order valence-electron chi connectivity index (χ3n) is 8.77. The molecule has 2 fully saturated rings. The van der Waals surface area contributed by atoms with Crippen molar-refractivity contribution in [1.82, 2.24) is 24.6 Å². The van der Waals surface area contributed by atoms with E-state index in [1.54, 1.807) is 6.20 Å². The van der Waals surface area contributed by atoms with Crippen LogP contribution in [0.5, 0.6) is 0 Å². The SMILES string of the molecule is C=C(c1cnn(C2(CC#N)CN(C3CCN(C(=O)Nc4ccc(F)cc4C(F)(F)F)CC3)C2)c1)c1cc[nH]c1N=CC(C)CC. The van der Waals surface area contributed by atoms with Gasteiger partial charge in [0, 0.05) is 62.0 Å². The number of aromatic amines is 1. The van der Waals surface area contributed by atoms with Crippen LogP contribution in [0.15, 0.2) is 54.4 Å². The summed E-state index contributed by atoms with van der Waals surface area (Å²) in [4.78, 5) is 24.3. The molecule has 4 heterocycles. The fourth-order valence-corrected chi connectivity index (χ4v) is 5.85. The molecule has 2 saturated heterocycles. The second-order valence-corrected chi connectivity index (χ2v) is 11.9. The first-order valence-corrected chi connectivity index (χ1v) is 14.9. The van der Waals surface area contributed by atoms with Crippen molar-refractivity contribution in [3.05, 3.63) is 71.9 Å². The lowest BCUT2D eigenvalue weighted by Crippen LogP contribution is -2.66. The molecule has 5 rings (SSSR count). The summed E-state index contributed by atoms with van der Waals surface area (Å²) in [6, 6.07) is 5.90. The van der Waals surface area contributed by atoms with E-state index < -0.39 is 34.8 Å². The molecule has 238 valence electrons. The molecular weight excluding hydrogens is 588 g/mol. The van der Waals surface area contributed by atoms with Crippen LogP contribution >= 0.6 is 0 Å². The van der Waals surface area contributed by atoms with Gasteiger partial charge in [0.25, 0.3) is 0 Å². The van der Waals surface area contributed by atoms with Crippen LogP contribution < -0.4 is 5.32 Å². The number of benzene rings is 1. The van der Waals surface area contributed by atoms with E-state index in [1.165, 1.54) is 4.90 Å². The summed E-state index contributed by atoms with van der Waals surface area (Å²) < 4.78 is 55.4. The van der Waals surface area contributed by atoms with Gasteiger partial charge in [0.2, 0.25) is 0 Å². The molecule has 1 aromatic carbocycles. The van der Waals surface area contributed by atoms with E-state index in [0.717, 1.165) is 41.1 Å². The van der Waals surface area contributed by atoms with E-state index in [9.17, 15) is 27.6 Å². The number of rotatable bonds is 9. The summed E-state index contributed by atoms with van der Waals surface area (Å²) in [6.07, 6.45) is 5.12. The monoisotopic (exact) mass is 624 g/mol. The number of nitrogens with one attached hydrogen (secondary N) is 2. The zero-order valence-electron chi connectivity index (χ0n) is 25.2. The zero-order valence-corrected chi connectivity index (χ0v) is 25.2. The van der Waals surface area contributed by atoms with Crippen LogP contribution in [0.2, 0.25) is 0 Å². The number of alkyl halides is 3. The van der Waals surface area contributed by atoms with Crippen molar-refractivity contribution in [2.24, 2.45) is 10.9 Å². The number of H-pyrrole nitrogens is 1. The summed E-state index contributed by atoms with van der Waals surface area (Å²) in [5, 5.41) is 16.6. The van der Waals surface area contributed by atoms with Crippen LogP contribution in [0.3, 0.4) is 0 Å². The number of nitriles is 1. The summed E-state index contributed by atoms with van der Waals surface area (Å²) in [5.74, 6) is 0.0476. The molecule has 2 aliphatic heterocycles. The Morgan fingerprint density at radius 3 is 2.71 bits per heavy atom. The number of hydrogen-bond donors (Lipinski definition) is 2. The number of carbonyl (C=O) groups is 1. The number of hydrogen-bond acceptors (Lipinski definition) is 5. The molecule has 3 aromatic rings. The second-order valence-electron chi connectivity index (χ2n) is 11.9. The van der Waals surface area contributed by atoms with Gasteiger partial charge in [-0.05, 0) is 55.0 Å². The number of aromatic nitrogens is 3. The second kappa shape index (κ2) is 12.9. The molecule has 2 N–H and O–H groups in total. The molecular formula is C32H36F4N8O. The molecule has 13 heteroatoms. The highest BCUT2D eigenvalue weighted by Gasteiger charge is 2.48. The lowest BCUT2D eigenvalue weighted by molar-refractivity contribution is -0.137. The third kappa shape index (κ3) is 6.81. The molecule has 1 atom stereocenters. The van der Waals surface area contributed by atoms with Gasteiger partial charge in [0.05, 0.1) is 29.9 Å². The minimum absolute atomic E-state index is 0.146. The molecule has 45 heavy (non-hydrogen) atoms. The number of halogens is 4. The number of carbonyl (C=O) groups excluding carboxylic acids is 1. The van der Waals surface area contributed by atoms with Crippen LogP contribution in [-0.4, -0.2) is 69.0 Å². The van der Waals surface area contributed by atoms with Crippen LogP contribution in [-0.2, 0) is 11.7 Å². The van der Waals surface area contributed by atoms with Crippen LogP contribution in [0.25, 0.3) is 5.57 Å². The average Bonchev–Trinajstić information content (AvgIpc) is 3.68. The topological polar surface area (TPSA) is 105 Å². The molecule has 0 radical (unpaired) electrons. The average molecular weight is 625 g/mol. The van der Waals surface area contributed by atoms with Crippen LogP contribution in [0.4, 0.5) is 33.9 Å². The van der Waals surface area contributed by atoms with Crippen molar-refractivity contribution in [2.75, 3.05) is 31.5 Å². The maximum Gasteiger partial charge on any atom is 0.418 e. The van der Waals surface area contributed by atoms with E-state index in [1.807, 2.05) is 29.4 Å². The molecule has 0 aliphatic carbocycles. The Bertz CT molecular complexity index is 1600. The van der Waals surface area contributed by atoms with Gasteiger partial charge in [-0.15, -0.1) is 0 Å². The molecule has 2 aliphatic rings. The van der Waals surface area contributed by atoms with Gasteiger partial charge in [0.15, 0.2) is 0 Å². The fourth-order valence-electron chi connectivity index (χ4n) is 5.85. The molecule has 1 unspecified atom stereocenters. The standard InChI is InChI=1S/C32H36F4N8O/c1-4-21(2)16-39-29-26(7-12-38-29)22(3)23-17-40-44(18-23)31(10-11-37)19-43(20-31)25-8-13-42(14-9-25)30(45)41-28-6-5-24(33)15-27(28)32(34,35)36/h5-7,12,15-18,21,25,38H,3-4,8-10,13-14,19-20H2,1-2H3,(H,41,45). The zero-order chi connectivity index (χ0) is 32.4. The van der Waals surface area contributed by atoms with Crippen molar-refractivity contribution in [2.45, 2.75) is 57.3 Å².